The zero-order valence-corrected chi connectivity index (χ0v) is 12.8. The molecule has 0 radical (unpaired) electrons. The van der Waals surface area contributed by atoms with Gasteiger partial charge >= 0.3 is 5.97 Å². The Bertz CT molecular complexity index is 994. The van der Waals surface area contributed by atoms with E-state index >= 15 is 0 Å². The summed E-state index contributed by atoms with van der Waals surface area (Å²) in [5.41, 5.74) is 4.95. The molecule has 2 heterocycles. The molecule has 0 saturated carbocycles. The fraction of sp³-hybridized carbons (Fsp3) is 0.0500. The fourth-order valence-corrected chi connectivity index (χ4v) is 2.94. The molecule has 0 aliphatic carbocycles. The third-order valence-electron chi connectivity index (χ3n) is 4.14. The van der Waals surface area contributed by atoms with Crippen molar-refractivity contribution in [3.63, 3.8) is 0 Å². The molecule has 118 valence electrons. The lowest BCUT2D eigenvalue weighted by molar-refractivity contribution is 0.0686. The lowest BCUT2D eigenvalue weighted by Gasteiger charge is -2.09. The van der Waals surface area contributed by atoms with Gasteiger partial charge in [-0.15, -0.1) is 0 Å². The predicted octanol–water partition coefficient (Wildman–Crippen LogP) is 4.65. The molecule has 4 aromatic rings. The summed E-state index contributed by atoms with van der Waals surface area (Å²) < 4.78 is 7.08. The minimum Gasteiger partial charge on any atom is -0.477 e. The maximum absolute atomic E-state index is 11.5. The first-order valence-electron chi connectivity index (χ1n) is 7.67. The van der Waals surface area contributed by atoms with E-state index in [0.717, 1.165) is 22.2 Å². The topological polar surface area (TPSA) is 55.4 Å². The van der Waals surface area contributed by atoms with Crippen molar-refractivity contribution < 1.29 is 14.3 Å². The average Bonchev–Trinajstić information content (AvgIpc) is 3.19. The highest BCUT2D eigenvalue weighted by atomic mass is 16.4. The molecule has 0 unspecified atom stereocenters. The van der Waals surface area contributed by atoms with Crippen LogP contribution in [0, 0.1) is 0 Å². The van der Waals surface area contributed by atoms with Crippen LogP contribution in [-0.2, 0) is 6.54 Å². The molecule has 24 heavy (non-hydrogen) atoms. The Morgan fingerprint density at radius 2 is 1.67 bits per heavy atom. The molecule has 0 bridgehead atoms. The molecule has 0 amide bonds. The SMILES string of the molecule is O=C(O)c1cc2occc2n1Cc1ccc(-c2ccccc2)cc1. The van der Waals surface area contributed by atoms with Gasteiger partial charge in [0.1, 0.15) is 5.69 Å². The highest BCUT2D eigenvalue weighted by molar-refractivity contribution is 5.92. The van der Waals surface area contributed by atoms with Gasteiger partial charge in [-0.25, -0.2) is 4.79 Å². The van der Waals surface area contributed by atoms with Gasteiger partial charge in [0.25, 0.3) is 0 Å². The summed E-state index contributed by atoms with van der Waals surface area (Å²) in [4.78, 5) is 11.5. The maximum atomic E-state index is 11.5. The highest BCUT2D eigenvalue weighted by Gasteiger charge is 2.16. The van der Waals surface area contributed by atoms with E-state index in [0.29, 0.717) is 12.1 Å². The number of aromatic nitrogens is 1. The summed E-state index contributed by atoms with van der Waals surface area (Å²) in [6, 6.07) is 21.7. The monoisotopic (exact) mass is 317 g/mol. The number of hydrogen-bond donors (Lipinski definition) is 1. The van der Waals surface area contributed by atoms with Crippen LogP contribution in [0.25, 0.3) is 22.2 Å². The van der Waals surface area contributed by atoms with Crippen molar-refractivity contribution in [3.8, 4) is 11.1 Å². The van der Waals surface area contributed by atoms with Gasteiger partial charge < -0.3 is 14.1 Å². The van der Waals surface area contributed by atoms with Crippen LogP contribution in [0.5, 0.6) is 0 Å². The van der Waals surface area contributed by atoms with E-state index in [4.69, 9.17) is 4.42 Å². The molecule has 0 saturated heterocycles. The first kappa shape index (κ1) is 14.3. The van der Waals surface area contributed by atoms with E-state index in [1.807, 2.05) is 30.3 Å². The molecule has 0 aliphatic rings. The summed E-state index contributed by atoms with van der Waals surface area (Å²) >= 11 is 0. The van der Waals surface area contributed by atoms with Crippen molar-refractivity contribution in [2.75, 3.05) is 0 Å². The quantitative estimate of drug-likeness (QED) is 0.596. The summed E-state index contributed by atoms with van der Waals surface area (Å²) in [5, 5.41) is 9.39. The zero-order chi connectivity index (χ0) is 16.5. The summed E-state index contributed by atoms with van der Waals surface area (Å²) in [6.07, 6.45) is 1.57. The number of aromatic carboxylic acids is 1. The minimum absolute atomic E-state index is 0.233. The van der Waals surface area contributed by atoms with Crippen LogP contribution in [0.15, 0.2) is 77.4 Å². The van der Waals surface area contributed by atoms with E-state index < -0.39 is 5.97 Å². The molecule has 2 aromatic heterocycles. The van der Waals surface area contributed by atoms with Gasteiger partial charge in [0.2, 0.25) is 0 Å². The van der Waals surface area contributed by atoms with Gasteiger partial charge in [0.15, 0.2) is 5.58 Å². The first-order valence-corrected chi connectivity index (χ1v) is 7.67. The van der Waals surface area contributed by atoms with E-state index in [2.05, 4.69) is 24.3 Å². The molecule has 4 heteroatoms. The number of furan rings is 1. The molecule has 4 rings (SSSR count). The Morgan fingerprint density at radius 1 is 0.958 bits per heavy atom. The van der Waals surface area contributed by atoms with Crippen LogP contribution in [0.3, 0.4) is 0 Å². The number of carbonyl (C=O) groups is 1. The van der Waals surface area contributed by atoms with Crippen molar-refractivity contribution in [2.24, 2.45) is 0 Å². The van der Waals surface area contributed by atoms with Crippen molar-refractivity contribution in [3.05, 3.63) is 84.3 Å². The average molecular weight is 317 g/mol. The molecule has 0 aliphatic heterocycles. The molecule has 4 nitrogen and oxygen atoms in total. The normalized spacial score (nSPS) is 11.0. The summed E-state index contributed by atoms with van der Waals surface area (Å²) in [6.45, 7) is 0.486. The zero-order valence-electron chi connectivity index (χ0n) is 12.8. The van der Waals surface area contributed by atoms with Gasteiger partial charge in [-0.3, -0.25) is 0 Å². The molecular weight excluding hydrogens is 302 g/mol. The van der Waals surface area contributed by atoms with Gasteiger partial charge in [0.05, 0.1) is 11.8 Å². The molecular formula is C20H15NO3. The van der Waals surface area contributed by atoms with E-state index in [1.165, 1.54) is 0 Å². The van der Waals surface area contributed by atoms with Crippen LogP contribution in [0.2, 0.25) is 0 Å². The first-order chi connectivity index (χ1) is 11.7. The minimum atomic E-state index is -0.956. The fourth-order valence-electron chi connectivity index (χ4n) is 2.94. The Morgan fingerprint density at radius 3 is 2.38 bits per heavy atom. The second kappa shape index (κ2) is 5.74. The summed E-state index contributed by atoms with van der Waals surface area (Å²) in [7, 11) is 0. The third-order valence-corrected chi connectivity index (χ3v) is 4.14. The number of hydrogen-bond acceptors (Lipinski definition) is 2. The largest absolute Gasteiger partial charge is 0.477 e. The van der Waals surface area contributed by atoms with E-state index in [1.54, 1.807) is 23.0 Å². The van der Waals surface area contributed by atoms with Crippen LogP contribution in [0.1, 0.15) is 16.1 Å². The molecule has 0 atom stereocenters. The smallest absolute Gasteiger partial charge is 0.352 e. The van der Waals surface area contributed by atoms with Crippen LogP contribution in [-0.4, -0.2) is 15.6 Å². The molecule has 0 spiro atoms. The third kappa shape index (κ3) is 2.48. The number of nitrogens with zero attached hydrogens (tertiary/aromatic N) is 1. The number of benzene rings is 2. The lowest BCUT2D eigenvalue weighted by atomic mass is 10.0. The second-order valence-electron chi connectivity index (χ2n) is 5.65. The van der Waals surface area contributed by atoms with Gasteiger partial charge in [-0.1, -0.05) is 54.6 Å². The summed E-state index contributed by atoms with van der Waals surface area (Å²) in [5.74, 6) is -0.956. The van der Waals surface area contributed by atoms with Crippen LogP contribution in [0.4, 0.5) is 0 Å². The van der Waals surface area contributed by atoms with Crippen LogP contribution < -0.4 is 0 Å². The van der Waals surface area contributed by atoms with Gasteiger partial charge in [-0.05, 0) is 16.7 Å². The Kier molecular flexibility index (Phi) is 3.43. The van der Waals surface area contributed by atoms with Crippen molar-refractivity contribution in [2.45, 2.75) is 6.54 Å². The number of fused-ring (bicyclic) bond motifs is 1. The number of carboxylic acid groups (broad SMARTS) is 1. The molecule has 2 aromatic carbocycles. The Balaban J connectivity index is 1.68. The Hall–Kier alpha value is -3.27. The van der Waals surface area contributed by atoms with Crippen LogP contribution >= 0.6 is 0 Å². The second-order valence-corrected chi connectivity index (χ2v) is 5.65. The van der Waals surface area contributed by atoms with E-state index in [9.17, 15) is 9.90 Å². The Labute approximate surface area is 138 Å². The van der Waals surface area contributed by atoms with Crippen molar-refractivity contribution in [1.82, 2.24) is 4.57 Å². The number of rotatable bonds is 4. The van der Waals surface area contributed by atoms with Crippen molar-refractivity contribution in [1.29, 1.82) is 0 Å². The van der Waals surface area contributed by atoms with Gasteiger partial charge in [-0.2, -0.15) is 0 Å². The maximum Gasteiger partial charge on any atom is 0.352 e. The molecule has 0 fully saturated rings. The standard InChI is InChI=1S/C20H15NO3/c22-20(23)18-12-19-17(10-11-24-19)21(18)13-14-6-8-16(9-7-14)15-4-2-1-3-5-15/h1-12H,13H2,(H,22,23). The van der Waals surface area contributed by atoms with E-state index in [-0.39, 0.29) is 5.69 Å². The van der Waals surface area contributed by atoms with Gasteiger partial charge in [0, 0.05) is 18.7 Å². The predicted molar refractivity (Wildman–Crippen MR) is 92.1 cm³/mol. The molecule has 1 N–H and O–H groups in total. The highest BCUT2D eigenvalue weighted by Crippen LogP contribution is 2.24. The number of carboxylic acids is 1. The lowest BCUT2D eigenvalue weighted by Crippen LogP contribution is -2.09. The van der Waals surface area contributed by atoms with Crippen molar-refractivity contribution >= 4 is 17.1 Å².